The number of hydrogen-bond acceptors (Lipinski definition) is 2. The molecule has 0 radical (unpaired) electrons. The topological polar surface area (TPSA) is 33.1 Å². The molecule has 2 rings (SSSR count). The summed E-state index contributed by atoms with van der Waals surface area (Å²) in [7, 11) is 0. The maximum atomic E-state index is 9.30. The van der Waals surface area contributed by atoms with E-state index in [1.807, 2.05) is 0 Å². The third-order valence-corrected chi connectivity index (χ3v) is 2.72. The van der Waals surface area contributed by atoms with Gasteiger partial charge in [-0.2, -0.15) is 0 Å². The molecule has 2 nitrogen and oxygen atoms in total. The van der Waals surface area contributed by atoms with Crippen LogP contribution in [0.2, 0.25) is 0 Å². The van der Waals surface area contributed by atoms with Gasteiger partial charge in [0.05, 0.1) is 6.20 Å². The fourth-order valence-corrected chi connectivity index (χ4v) is 1.78. The van der Waals surface area contributed by atoms with Crippen molar-refractivity contribution in [3.63, 3.8) is 0 Å². The molecule has 0 aliphatic heterocycles. The van der Waals surface area contributed by atoms with Crippen LogP contribution < -0.4 is 0 Å². The Morgan fingerprint density at radius 1 is 1.12 bits per heavy atom. The van der Waals surface area contributed by atoms with Crippen molar-refractivity contribution in [1.29, 1.82) is 0 Å². The third-order valence-electron chi connectivity index (χ3n) is 2.72. The van der Waals surface area contributed by atoms with Crippen LogP contribution in [0.5, 0.6) is 5.75 Å². The van der Waals surface area contributed by atoms with Crippen molar-refractivity contribution in [3.05, 3.63) is 59.4 Å². The van der Waals surface area contributed by atoms with Crippen LogP contribution in [-0.4, -0.2) is 10.1 Å². The molecular weight excluding hydrogens is 198 g/mol. The highest BCUT2D eigenvalue weighted by Gasteiger charge is 1.99. The maximum absolute atomic E-state index is 9.30. The molecule has 0 aliphatic rings. The van der Waals surface area contributed by atoms with Crippen LogP contribution >= 0.6 is 0 Å². The summed E-state index contributed by atoms with van der Waals surface area (Å²) in [6, 6.07) is 10.1. The lowest BCUT2D eigenvalue weighted by atomic mass is 10.0. The molecule has 0 saturated carbocycles. The number of aryl methyl sites for hydroxylation is 3. The minimum atomic E-state index is 0.238. The number of hydrogen-bond donors (Lipinski definition) is 1. The lowest BCUT2D eigenvalue weighted by Gasteiger charge is -2.05. The van der Waals surface area contributed by atoms with E-state index in [2.05, 4.69) is 36.2 Å². The molecule has 1 aromatic heterocycles. The van der Waals surface area contributed by atoms with Gasteiger partial charge in [-0.25, -0.2) is 0 Å². The second-order valence-corrected chi connectivity index (χ2v) is 3.98. The zero-order valence-corrected chi connectivity index (χ0v) is 9.35. The summed E-state index contributed by atoms with van der Waals surface area (Å²) in [4.78, 5) is 3.97. The Labute approximate surface area is 95.6 Å². The minimum Gasteiger partial charge on any atom is -0.506 e. The van der Waals surface area contributed by atoms with Crippen molar-refractivity contribution >= 4 is 0 Å². The largest absolute Gasteiger partial charge is 0.506 e. The van der Waals surface area contributed by atoms with E-state index in [-0.39, 0.29) is 5.75 Å². The second-order valence-electron chi connectivity index (χ2n) is 3.98. The van der Waals surface area contributed by atoms with E-state index in [4.69, 9.17) is 0 Å². The Morgan fingerprint density at radius 3 is 2.69 bits per heavy atom. The Morgan fingerprint density at radius 2 is 1.94 bits per heavy atom. The number of benzene rings is 1. The Kier molecular flexibility index (Phi) is 3.20. The van der Waals surface area contributed by atoms with Gasteiger partial charge in [-0.3, -0.25) is 4.98 Å². The van der Waals surface area contributed by atoms with Crippen molar-refractivity contribution in [2.45, 2.75) is 19.8 Å². The average molecular weight is 213 g/mol. The number of rotatable bonds is 3. The summed E-state index contributed by atoms with van der Waals surface area (Å²) in [6.45, 7) is 2.12. The Hall–Kier alpha value is -1.83. The number of aromatic hydroxyl groups is 1. The van der Waals surface area contributed by atoms with Gasteiger partial charge < -0.3 is 5.11 Å². The first-order valence-electron chi connectivity index (χ1n) is 5.43. The molecule has 0 amide bonds. The van der Waals surface area contributed by atoms with Crippen LogP contribution in [0.25, 0.3) is 0 Å². The molecule has 0 fully saturated rings. The standard InChI is InChI=1S/C14H15NO/c1-11-4-2-3-5-13(11)7-6-12-8-14(16)10-15-9-12/h2-5,8-10,16H,6-7H2,1H3. The SMILES string of the molecule is Cc1ccccc1CCc1cncc(O)c1. The molecule has 1 heterocycles. The Balaban J connectivity index is 2.05. The quantitative estimate of drug-likeness (QED) is 0.850. The lowest BCUT2D eigenvalue weighted by Crippen LogP contribution is -1.94. The average Bonchev–Trinajstić information content (AvgIpc) is 2.28. The second kappa shape index (κ2) is 4.79. The monoisotopic (exact) mass is 213 g/mol. The van der Waals surface area contributed by atoms with Crippen molar-refractivity contribution in [2.24, 2.45) is 0 Å². The molecule has 1 aromatic carbocycles. The molecule has 1 N–H and O–H groups in total. The number of pyridine rings is 1. The summed E-state index contributed by atoms with van der Waals surface area (Å²) in [5.41, 5.74) is 3.74. The molecule has 16 heavy (non-hydrogen) atoms. The van der Waals surface area contributed by atoms with Crippen molar-refractivity contribution in [1.82, 2.24) is 4.98 Å². The lowest BCUT2D eigenvalue weighted by molar-refractivity contribution is 0.471. The van der Waals surface area contributed by atoms with Gasteiger partial charge in [0.15, 0.2) is 0 Å². The first-order chi connectivity index (χ1) is 7.75. The number of aromatic nitrogens is 1. The van der Waals surface area contributed by atoms with Crippen molar-refractivity contribution < 1.29 is 5.11 Å². The summed E-state index contributed by atoms with van der Waals surface area (Å²) >= 11 is 0. The summed E-state index contributed by atoms with van der Waals surface area (Å²) in [5.74, 6) is 0.238. The molecule has 82 valence electrons. The maximum Gasteiger partial charge on any atom is 0.134 e. The zero-order chi connectivity index (χ0) is 11.4. The van der Waals surface area contributed by atoms with E-state index in [0.717, 1.165) is 18.4 Å². The molecule has 0 spiro atoms. The van der Waals surface area contributed by atoms with Crippen LogP contribution in [0, 0.1) is 6.92 Å². The molecule has 0 atom stereocenters. The van der Waals surface area contributed by atoms with Gasteiger partial charge in [0.25, 0.3) is 0 Å². The molecule has 0 saturated heterocycles. The number of nitrogens with zero attached hydrogens (tertiary/aromatic N) is 1. The van der Waals surface area contributed by atoms with Gasteiger partial charge in [-0.1, -0.05) is 24.3 Å². The molecule has 2 heteroatoms. The van der Waals surface area contributed by atoms with Crippen LogP contribution in [0.15, 0.2) is 42.7 Å². The molecule has 0 aliphatic carbocycles. The van der Waals surface area contributed by atoms with Gasteiger partial charge in [0, 0.05) is 6.20 Å². The summed E-state index contributed by atoms with van der Waals surface area (Å²) in [6.07, 6.45) is 5.15. The Bertz CT molecular complexity index is 480. The molecule has 0 bridgehead atoms. The van der Waals surface area contributed by atoms with Gasteiger partial charge in [-0.05, 0) is 42.5 Å². The predicted molar refractivity (Wildman–Crippen MR) is 64.5 cm³/mol. The fraction of sp³-hybridized carbons (Fsp3) is 0.214. The fourth-order valence-electron chi connectivity index (χ4n) is 1.78. The summed E-state index contributed by atoms with van der Waals surface area (Å²) < 4.78 is 0. The van der Waals surface area contributed by atoms with Crippen LogP contribution in [0.4, 0.5) is 0 Å². The minimum absolute atomic E-state index is 0.238. The van der Waals surface area contributed by atoms with Crippen LogP contribution in [0.1, 0.15) is 16.7 Å². The van der Waals surface area contributed by atoms with Gasteiger partial charge >= 0.3 is 0 Å². The zero-order valence-electron chi connectivity index (χ0n) is 9.35. The van der Waals surface area contributed by atoms with E-state index in [1.54, 1.807) is 12.3 Å². The molecule has 0 unspecified atom stereocenters. The highest BCUT2D eigenvalue weighted by atomic mass is 16.3. The molecule has 2 aromatic rings. The van der Waals surface area contributed by atoms with Crippen molar-refractivity contribution in [2.75, 3.05) is 0 Å². The highest BCUT2D eigenvalue weighted by molar-refractivity contribution is 5.28. The van der Waals surface area contributed by atoms with E-state index in [9.17, 15) is 5.11 Å². The predicted octanol–water partition coefficient (Wildman–Crippen LogP) is 2.88. The van der Waals surface area contributed by atoms with E-state index >= 15 is 0 Å². The summed E-state index contributed by atoms with van der Waals surface area (Å²) in [5, 5.41) is 9.30. The third kappa shape index (κ3) is 2.60. The van der Waals surface area contributed by atoms with Crippen LogP contribution in [-0.2, 0) is 12.8 Å². The van der Waals surface area contributed by atoms with Crippen LogP contribution in [0.3, 0.4) is 0 Å². The van der Waals surface area contributed by atoms with Gasteiger partial charge in [0.1, 0.15) is 5.75 Å². The smallest absolute Gasteiger partial charge is 0.134 e. The van der Waals surface area contributed by atoms with Gasteiger partial charge in [0.2, 0.25) is 0 Å². The van der Waals surface area contributed by atoms with Gasteiger partial charge in [-0.15, -0.1) is 0 Å². The normalized spacial score (nSPS) is 10.3. The highest BCUT2D eigenvalue weighted by Crippen LogP contribution is 2.13. The first-order valence-corrected chi connectivity index (χ1v) is 5.43. The van der Waals surface area contributed by atoms with Crippen molar-refractivity contribution in [3.8, 4) is 5.75 Å². The first kappa shape index (κ1) is 10.7. The molecular formula is C14H15NO. The van der Waals surface area contributed by atoms with E-state index in [0.29, 0.717) is 0 Å². The van der Waals surface area contributed by atoms with E-state index in [1.165, 1.54) is 17.3 Å². The van der Waals surface area contributed by atoms with E-state index < -0.39 is 0 Å².